The number of ketones is 1. The van der Waals surface area contributed by atoms with Gasteiger partial charge >= 0.3 is 0 Å². The maximum atomic E-state index is 12.3. The zero-order valence-electron chi connectivity index (χ0n) is 14.2. The van der Waals surface area contributed by atoms with Crippen molar-refractivity contribution in [3.63, 3.8) is 0 Å². The number of amides is 1. The van der Waals surface area contributed by atoms with Crippen LogP contribution in [0, 0.1) is 6.92 Å². The Labute approximate surface area is 150 Å². The Bertz CT molecular complexity index is 723. The first-order chi connectivity index (χ1) is 11.4. The minimum absolute atomic E-state index is 0.0833. The summed E-state index contributed by atoms with van der Waals surface area (Å²) in [6.07, 6.45) is 1.29. The van der Waals surface area contributed by atoms with Gasteiger partial charge in [0.15, 0.2) is 10.1 Å². The van der Waals surface area contributed by atoms with Crippen LogP contribution in [-0.4, -0.2) is 22.4 Å². The second kappa shape index (κ2) is 8.44. The van der Waals surface area contributed by atoms with E-state index in [2.05, 4.69) is 18.8 Å². The van der Waals surface area contributed by atoms with Gasteiger partial charge in [0.2, 0.25) is 5.91 Å². The molecule has 0 saturated carbocycles. The smallest absolute Gasteiger partial charge is 0.222 e. The second-order valence-electron chi connectivity index (χ2n) is 5.77. The highest BCUT2D eigenvalue weighted by atomic mass is 32.2. The van der Waals surface area contributed by atoms with Crippen LogP contribution < -0.4 is 5.73 Å². The summed E-state index contributed by atoms with van der Waals surface area (Å²) in [6, 6.07) is 7.86. The lowest BCUT2D eigenvalue weighted by molar-refractivity contribution is -0.117. The average Bonchev–Trinajstić information content (AvgIpc) is 2.91. The van der Waals surface area contributed by atoms with Gasteiger partial charge in [-0.05, 0) is 24.8 Å². The number of benzene rings is 1. The molecule has 4 nitrogen and oxygen atoms in total. The molecule has 2 rings (SSSR count). The summed E-state index contributed by atoms with van der Waals surface area (Å²) < 4.78 is 0.799. The maximum absolute atomic E-state index is 12.3. The molecule has 1 aromatic carbocycles. The van der Waals surface area contributed by atoms with E-state index in [0.29, 0.717) is 11.7 Å². The van der Waals surface area contributed by atoms with Crippen molar-refractivity contribution in [1.29, 1.82) is 0 Å². The molecule has 1 amide bonds. The molecule has 2 N–H and O–H groups in total. The predicted molar refractivity (Wildman–Crippen MR) is 100.0 cm³/mol. The molecule has 0 saturated heterocycles. The van der Waals surface area contributed by atoms with Crippen molar-refractivity contribution >= 4 is 34.8 Å². The average molecular weight is 363 g/mol. The van der Waals surface area contributed by atoms with Crippen LogP contribution in [0.15, 0.2) is 28.6 Å². The summed E-state index contributed by atoms with van der Waals surface area (Å²) >= 11 is 2.84. The van der Waals surface area contributed by atoms with Crippen molar-refractivity contribution in [2.75, 3.05) is 5.75 Å². The highest BCUT2D eigenvalue weighted by Crippen LogP contribution is 2.28. The number of hydrogen-bond acceptors (Lipinski definition) is 5. The number of thioether (sulfide) groups is 1. The van der Waals surface area contributed by atoms with Crippen LogP contribution in [0.4, 0.5) is 0 Å². The van der Waals surface area contributed by atoms with Crippen LogP contribution in [0.3, 0.4) is 0 Å². The van der Waals surface area contributed by atoms with E-state index in [1.165, 1.54) is 28.7 Å². The van der Waals surface area contributed by atoms with Gasteiger partial charge in [-0.3, -0.25) is 9.59 Å². The molecule has 0 fully saturated rings. The van der Waals surface area contributed by atoms with Crippen LogP contribution in [0.5, 0.6) is 0 Å². The van der Waals surface area contributed by atoms with Gasteiger partial charge in [0.1, 0.15) is 0 Å². The van der Waals surface area contributed by atoms with Crippen LogP contribution >= 0.6 is 23.1 Å². The number of nitrogens with two attached hydrogens (primary N) is 1. The monoisotopic (exact) mass is 362 g/mol. The Morgan fingerprint density at radius 3 is 2.54 bits per heavy atom. The van der Waals surface area contributed by atoms with Gasteiger partial charge in [0.25, 0.3) is 0 Å². The Balaban J connectivity index is 1.96. The lowest BCUT2D eigenvalue weighted by Gasteiger charge is -2.09. The van der Waals surface area contributed by atoms with E-state index in [4.69, 9.17) is 5.73 Å². The number of hydrogen-bond donors (Lipinski definition) is 1. The summed E-state index contributed by atoms with van der Waals surface area (Å²) in [4.78, 5) is 28.6. The fourth-order valence-electron chi connectivity index (χ4n) is 2.23. The van der Waals surface area contributed by atoms with Crippen LogP contribution in [0.25, 0.3) is 0 Å². The third-order valence-corrected chi connectivity index (χ3v) is 6.25. The van der Waals surface area contributed by atoms with Crippen molar-refractivity contribution in [1.82, 2.24) is 4.98 Å². The summed E-state index contributed by atoms with van der Waals surface area (Å²) in [6.45, 7) is 6.19. The molecule has 2 aromatic rings. The molecule has 1 aromatic heterocycles. The number of carbonyl (C=O) groups is 2. The van der Waals surface area contributed by atoms with Crippen LogP contribution in [0.2, 0.25) is 0 Å². The number of carbonyl (C=O) groups excluding carboxylic acids is 2. The first-order valence-corrected chi connectivity index (χ1v) is 9.71. The predicted octanol–water partition coefficient (Wildman–Crippen LogP) is 3.97. The van der Waals surface area contributed by atoms with Crippen molar-refractivity contribution < 1.29 is 9.59 Å². The van der Waals surface area contributed by atoms with E-state index in [1.54, 1.807) is 0 Å². The Morgan fingerprint density at radius 2 is 1.96 bits per heavy atom. The zero-order valence-corrected chi connectivity index (χ0v) is 15.8. The van der Waals surface area contributed by atoms with Crippen molar-refractivity contribution in [3.8, 4) is 0 Å². The summed E-state index contributed by atoms with van der Waals surface area (Å²) in [5.41, 5.74) is 8.02. The molecule has 24 heavy (non-hydrogen) atoms. The van der Waals surface area contributed by atoms with Crippen molar-refractivity contribution in [3.05, 3.63) is 46.0 Å². The lowest BCUT2D eigenvalue weighted by Crippen LogP contribution is -2.13. The molecular formula is C18H22N2O2S2. The molecule has 128 valence electrons. The maximum Gasteiger partial charge on any atom is 0.222 e. The van der Waals surface area contributed by atoms with Crippen molar-refractivity contribution in [2.45, 2.75) is 43.9 Å². The van der Waals surface area contributed by atoms with Crippen LogP contribution in [0.1, 0.15) is 52.7 Å². The largest absolute Gasteiger partial charge is 0.369 e. The third-order valence-electron chi connectivity index (χ3n) is 3.95. The van der Waals surface area contributed by atoms with Gasteiger partial charge in [0.05, 0.1) is 17.9 Å². The third kappa shape index (κ3) is 4.92. The molecule has 0 aliphatic rings. The molecular weight excluding hydrogens is 340 g/mol. The summed E-state index contributed by atoms with van der Waals surface area (Å²) in [5.74, 6) is 0.562. The number of aryl methyl sites for hydroxylation is 1. The fourth-order valence-corrected chi connectivity index (χ4v) is 4.37. The topological polar surface area (TPSA) is 73.1 Å². The highest BCUT2D eigenvalue weighted by Gasteiger charge is 2.13. The minimum Gasteiger partial charge on any atom is -0.369 e. The summed E-state index contributed by atoms with van der Waals surface area (Å²) in [5, 5.41) is 0. The highest BCUT2D eigenvalue weighted by molar-refractivity contribution is 8.01. The van der Waals surface area contributed by atoms with Crippen molar-refractivity contribution in [2.24, 2.45) is 5.73 Å². The standard InChI is InChI=1S/C18H22N2O2S2/c1-4-11(2)13-5-7-14(8-6-13)15(21)10-23-18-20-12(3)16(24-18)9-17(19)22/h5-8,11H,4,9-10H2,1-3H3,(H2,19,22). The zero-order chi connectivity index (χ0) is 17.7. The van der Waals surface area contributed by atoms with E-state index in [-0.39, 0.29) is 18.1 Å². The molecule has 0 spiro atoms. The Hall–Kier alpha value is -1.66. The van der Waals surface area contributed by atoms with E-state index in [0.717, 1.165) is 26.9 Å². The number of rotatable bonds is 8. The van der Waals surface area contributed by atoms with Gasteiger partial charge in [-0.2, -0.15) is 0 Å². The van der Waals surface area contributed by atoms with Gasteiger partial charge in [-0.25, -0.2) is 4.98 Å². The number of Topliss-reactive ketones (excluding diaryl/α,β-unsaturated/α-hetero) is 1. The molecule has 0 radical (unpaired) electrons. The van der Waals surface area contributed by atoms with E-state index in [9.17, 15) is 9.59 Å². The Kier molecular flexibility index (Phi) is 6.57. The SMILES string of the molecule is CCC(C)c1ccc(C(=O)CSc2nc(C)c(CC(N)=O)s2)cc1. The fraction of sp³-hybridized carbons (Fsp3) is 0.389. The lowest BCUT2D eigenvalue weighted by atomic mass is 9.97. The second-order valence-corrected chi connectivity index (χ2v) is 8.08. The molecule has 0 bridgehead atoms. The molecule has 1 atom stereocenters. The number of primary amides is 1. The van der Waals surface area contributed by atoms with Gasteiger partial charge in [-0.1, -0.05) is 49.9 Å². The minimum atomic E-state index is -0.365. The van der Waals surface area contributed by atoms with E-state index < -0.39 is 0 Å². The number of aromatic nitrogens is 1. The quantitative estimate of drug-likeness (QED) is 0.570. The normalized spacial score (nSPS) is 12.1. The first kappa shape index (κ1) is 18.7. The van der Waals surface area contributed by atoms with Gasteiger partial charge in [-0.15, -0.1) is 11.3 Å². The molecule has 1 unspecified atom stereocenters. The molecule has 6 heteroatoms. The molecule has 0 aliphatic heterocycles. The molecule has 0 aliphatic carbocycles. The number of nitrogens with zero attached hydrogens (tertiary/aromatic N) is 1. The Morgan fingerprint density at radius 1 is 1.29 bits per heavy atom. The van der Waals surface area contributed by atoms with Gasteiger partial charge in [0, 0.05) is 10.4 Å². The molecule has 1 heterocycles. The van der Waals surface area contributed by atoms with E-state index >= 15 is 0 Å². The van der Waals surface area contributed by atoms with E-state index in [1.807, 2.05) is 31.2 Å². The first-order valence-electron chi connectivity index (χ1n) is 7.91. The van der Waals surface area contributed by atoms with Crippen LogP contribution in [-0.2, 0) is 11.2 Å². The number of thiazole rings is 1. The summed E-state index contributed by atoms with van der Waals surface area (Å²) in [7, 11) is 0. The van der Waals surface area contributed by atoms with Gasteiger partial charge < -0.3 is 5.73 Å².